The molecule has 1 N–H and O–H groups in total. The summed E-state index contributed by atoms with van der Waals surface area (Å²) in [5.74, 6) is -0.0416. The Bertz CT molecular complexity index is 986. The Labute approximate surface area is 162 Å². The first-order valence-corrected chi connectivity index (χ1v) is 9.01. The van der Waals surface area contributed by atoms with Crippen molar-refractivity contribution in [2.45, 2.75) is 13.1 Å². The number of carbonyl (C=O) groups excluding carboxylic acids is 1. The number of hydrogen-bond donors (Lipinski definition) is 1. The van der Waals surface area contributed by atoms with Crippen LogP contribution in [0, 0.1) is 6.92 Å². The third-order valence-electron chi connectivity index (χ3n) is 4.56. The van der Waals surface area contributed by atoms with Gasteiger partial charge < -0.3 is 5.32 Å². The molecule has 130 valence electrons. The molecule has 0 saturated carbocycles. The number of halogens is 2. The second kappa shape index (κ2) is 6.67. The van der Waals surface area contributed by atoms with Crippen molar-refractivity contribution in [2.24, 2.45) is 0 Å². The highest BCUT2D eigenvalue weighted by Crippen LogP contribution is 2.39. The van der Waals surface area contributed by atoms with E-state index in [0.717, 1.165) is 22.5 Å². The smallest absolute Gasteiger partial charge is 0.260 e. The second-order valence-electron chi connectivity index (χ2n) is 6.24. The molecule has 5 heteroatoms. The third kappa shape index (κ3) is 2.94. The van der Waals surface area contributed by atoms with Crippen molar-refractivity contribution in [1.29, 1.82) is 0 Å². The molecule has 0 unspecified atom stereocenters. The molecule has 1 aliphatic heterocycles. The molecule has 3 aromatic carbocycles. The maximum Gasteiger partial charge on any atom is 0.260 e. The van der Waals surface area contributed by atoms with E-state index in [9.17, 15) is 4.79 Å². The van der Waals surface area contributed by atoms with E-state index >= 15 is 0 Å². The van der Waals surface area contributed by atoms with Crippen molar-refractivity contribution in [3.8, 4) is 0 Å². The fraction of sp³-hybridized carbons (Fsp3) is 0.0952. The Morgan fingerprint density at radius 2 is 1.62 bits per heavy atom. The number of fused-ring (bicyclic) bond motifs is 1. The van der Waals surface area contributed by atoms with Gasteiger partial charge in [0, 0.05) is 32.5 Å². The highest BCUT2D eigenvalue weighted by Gasteiger charge is 2.37. The van der Waals surface area contributed by atoms with Crippen LogP contribution >= 0.6 is 23.2 Å². The molecule has 1 atom stereocenters. The summed E-state index contributed by atoms with van der Waals surface area (Å²) in [5, 5.41) is 4.77. The zero-order valence-electron chi connectivity index (χ0n) is 14.0. The summed E-state index contributed by atoms with van der Waals surface area (Å²) in [4.78, 5) is 14.8. The molecule has 3 aromatic rings. The van der Waals surface area contributed by atoms with Gasteiger partial charge in [-0.15, -0.1) is 0 Å². The molecule has 1 heterocycles. The minimum Gasteiger partial charge on any atom is -0.361 e. The molecule has 0 aromatic heterocycles. The fourth-order valence-corrected chi connectivity index (χ4v) is 3.52. The van der Waals surface area contributed by atoms with Crippen molar-refractivity contribution in [1.82, 2.24) is 0 Å². The van der Waals surface area contributed by atoms with Crippen LogP contribution in [-0.4, -0.2) is 5.91 Å². The van der Waals surface area contributed by atoms with E-state index in [0.29, 0.717) is 15.6 Å². The molecule has 0 spiro atoms. The van der Waals surface area contributed by atoms with Gasteiger partial charge in [-0.05, 0) is 55.0 Å². The summed E-state index contributed by atoms with van der Waals surface area (Å²) in [7, 11) is 0. The van der Waals surface area contributed by atoms with Crippen LogP contribution in [0.15, 0.2) is 66.7 Å². The van der Waals surface area contributed by atoms with Crippen molar-refractivity contribution in [3.63, 3.8) is 0 Å². The van der Waals surface area contributed by atoms with E-state index in [1.54, 1.807) is 17.0 Å². The first-order chi connectivity index (χ1) is 12.5. The molecular weight excluding hydrogens is 367 g/mol. The lowest BCUT2D eigenvalue weighted by molar-refractivity contribution is 0.0993. The molecule has 0 radical (unpaired) electrons. The number of nitrogens with one attached hydrogen (secondary N) is 1. The highest BCUT2D eigenvalue weighted by atomic mass is 35.5. The summed E-state index contributed by atoms with van der Waals surface area (Å²) < 4.78 is 0. The van der Waals surface area contributed by atoms with E-state index in [1.807, 2.05) is 61.5 Å². The summed E-state index contributed by atoms with van der Waals surface area (Å²) in [6, 6.07) is 20.6. The molecule has 4 rings (SSSR count). The monoisotopic (exact) mass is 382 g/mol. The Morgan fingerprint density at radius 3 is 2.38 bits per heavy atom. The van der Waals surface area contributed by atoms with Gasteiger partial charge in [-0.1, -0.05) is 47.5 Å². The zero-order valence-corrected chi connectivity index (χ0v) is 15.6. The number of amides is 1. The molecule has 0 saturated heterocycles. The molecular formula is C21H16Cl2N2O. The number of aryl methyl sites for hydroxylation is 1. The van der Waals surface area contributed by atoms with Gasteiger partial charge in [-0.2, -0.15) is 0 Å². The number of anilines is 2. The van der Waals surface area contributed by atoms with Gasteiger partial charge in [0.2, 0.25) is 0 Å². The van der Waals surface area contributed by atoms with Crippen LogP contribution in [0.1, 0.15) is 27.7 Å². The summed E-state index contributed by atoms with van der Waals surface area (Å²) in [5.41, 5.74) is 4.37. The molecule has 3 nitrogen and oxygen atoms in total. The molecule has 26 heavy (non-hydrogen) atoms. The third-order valence-corrected chi connectivity index (χ3v) is 5.05. The number of rotatable bonds is 3. The van der Waals surface area contributed by atoms with E-state index < -0.39 is 0 Å². The van der Waals surface area contributed by atoms with Crippen LogP contribution < -0.4 is 10.2 Å². The topological polar surface area (TPSA) is 32.3 Å². The molecule has 0 bridgehead atoms. The van der Waals surface area contributed by atoms with Gasteiger partial charge in [0.05, 0.1) is 0 Å². The zero-order chi connectivity index (χ0) is 18.3. The van der Waals surface area contributed by atoms with E-state index in [-0.39, 0.29) is 12.1 Å². The summed E-state index contributed by atoms with van der Waals surface area (Å²) in [6.07, 6.45) is -0.322. The van der Waals surface area contributed by atoms with Crippen LogP contribution in [0.4, 0.5) is 11.4 Å². The number of nitrogens with zero attached hydrogens (tertiary/aromatic N) is 1. The lowest BCUT2D eigenvalue weighted by Gasteiger charge is -2.28. The normalized spacial score (nSPS) is 15.9. The molecule has 1 amide bonds. The average molecular weight is 383 g/mol. The number of benzene rings is 3. The van der Waals surface area contributed by atoms with Gasteiger partial charge in [0.1, 0.15) is 6.17 Å². The van der Waals surface area contributed by atoms with Crippen LogP contribution in [0.5, 0.6) is 0 Å². The van der Waals surface area contributed by atoms with Gasteiger partial charge >= 0.3 is 0 Å². The van der Waals surface area contributed by atoms with Crippen LogP contribution in [0.3, 0.4) is 0 Å². The lowest BCUT2D eigenvalue weighted by Crippen LogP contribution is -2.32. The SMILES string of the molecule is Cc1ccc(Cl)cc1N[C@H]1c2ccccc2C(=O)N1c1ccc(Cl)cc1. The molecule has 0 fully saturated rings. The van der Waals surface area contributed by atoms with Crippen molar-refractivity contribution >= 4 is 40.5 Å². The van der Waals surface area contributed by atoms with Gasteiger partial charge in [0.25, 0.3) is 5.91 Å². The Hall–Kier alpha value is -2.49. The number of carbonyl (C=O) groups is 1. The predicted octanol–water partition coefficient (Wildman–Crippen LogP) is 6.07. The Kier molecular flexibility index (Phi) is 4.35. The highest BCUT2D eigenvalue weighted by molar-refractivity contribution is 6.31. The second-order valence-corrected chi connectivity index (χ2v) is 7.12. The predicted molar refractivity (Wildman–Crippen MR) is 107 cm³/mol. The fourth-order valence-electron chi connectivity index (χ4n) is 3.22. The van der Waals surface area contributed by atoms with Gasteiger partial charge in [-0.3, -0.25) is 9.69 Å². The van der Waals surface area contributed by atoms with Crippen LogP contribution in [-0.2, 0) is 0 Å². The quantitative estimate of drug-likeness (QED) is 0.595. The van der Waals surface area contributed by atoms with Crippen LogP contribution in [0.2, 0.25) is 10.0 Å². The Balaban J connectivity index is 1.80. The van der Waals surface area contributed by atoms with Crippen molar-refractivity contribution in [3.05, 3.63) is 93.5 Å². The van der Waals surface area contributed by atoms with Gasteiger partial charge in [0.15, 0.2) is 0 Å². The Morgan fingerprint density at radius 1 is 0.923 bits per heavy atom. The maximum atomic E-state index is 13.1. The van der Waals surface area contributed by atoms with Crippen molar-refractivity contribution in [2.75, 3.05) is 10.2 Å². The molecule has 0 aliphatic carbocycles. The van der Waals surface area contributed by atoms with Gasteiger partial charge in [-0.25, -0.2) is 0 Å². The summed E-state index contributed by atoms with van der Waals surface area (Å²) in [6.45, 7) is 2.01. The molecule has 1 aliphatic rings. The number of hydrogen-bond acceptors (Lipinski definition) is 2. The van der Waals surface area contributed by atoms with E-state index in [4.69, 9.17) is 23.2 Å². The minimum atomic E-state index is -0.322. The van der Waals surface area contributed by atoms with E-state index in [1.165, 1.54) is 0 Å². The lowest BCUT2D eigenvalue weighted by atomic mass is 10.1. The minimum absolute atomic E-state index is 0.0416. The standard InChI is InChI=1S/C21H16Cl2N2O/c1-13-6-7-15(23)12-19(13)24-20-17-4-2-3-5-18(17)21(26)25(20)16-10-8-14(22)9-11-16/h2-12,20,24H,1H3/t20-/m1/s1. The average Bonchev–Trinajstić information content (AvgIpc) is 2.92. The largest absolute Gasteiger partial charge is 0.361 e. The summed E-state index contributed by atoms with van der Waals surface area (Å²) >= 11 is 12.2. The first kappa shape index (κ1) is 17.0. The van der Waals surface area contributed by atoms with Crippen molar-refractivity contribution < 1.29 is 4.79 Å². The van der Waals surface area contributed by atoms with Crippen LogP contribution in [0.25, 0.3) is 0 Å². The maximum absolute atomic E-state index is 13.1. The van der Waals surface area contributed by atoms with E-state index in [2.05, 4.69) is 5.32 Å². The first-order valence-electron chi connectivity index (χ1n) is 8.25.